The van der Waals surface area contributed by atoms with Crippen molar-refractivity contribution in [3.8, 4) is 6.07 Å². The van der Waals surface area contributed by atoms with Crippen molar-refractivity contribution >= 4 is 17.3 Å². The second kappa shape index (κ2) is 5.84. The van der Waals surface area contributed by atoms with Crippen LogP contribution in [-0.4, -0.2) is 16.9 Å². The second-order valence-corrected chi connectivity index (χ2v) is 4.37. The van der Waals surface area contributed by atoms with Gasteiger partial charge >= 0.3 is 0 Å². The molecule has 1 saturated carbocycles. The summed E-state index contributed by atoms with van der Waals surface area (Å²) < 4.78 is 0. The van der Waals surface area contributed by atoms with Crippen LogP contribution in [0.15, 0.2) is 36.0 Å². The highest BCUT2D eigenvalue weighted by Crippen LogP contribution is 2.19. The van der Waals surface area contributed by atoms with Crippen LogP contribution in [0.3, 0.4) is 0 Å². The molecule has 20 heavy (non-hydrogen) atoms. The van der Waals surface area contributed by atoms with Crippen LogP contribution < -0.4 is 10.6 Å². The topological polar surface area (TPSA) is 108 Å². The Morgan fingerprint density at radius 2 is 2.05 bits per heavy atom. The van der Waals surface area contributed by atoms with Gasteiger partial charge in [-0.2, -0.15) is 5.26 Å². The predicted molar refractivity (Wildman–Crippen MR) is 71.6 cm³/mol. The number of rotatable bonds is 5. The van der Waals surface area contributed by atoms with Gasteiger partial charge in [0.25, 0.3) is 11.6 Å². The molecule has 1 fully saturated rings. The van der Waals surface area contributed by atoms with E-state index in [0.717, 1.165) is 12.8 Å². The number of amides is 1. The number of nitrogens with zero attached hydrogens (tertiary/aromatic N) is 2. The summed E-state index contributed by atoms with van der Waals surface area (Å²) in [6, 6.07) is 7.57. The molecule has 0 heterocycles. The van der Waals surface area contributed by atoms with Crippen LogP contribution in [0.5, 0.6) is 0 Å². The van der Waals surface area contributed by atoms with Gasteiger partial charge in [-0.3, -0.25) is 14.9 Å². The van der Waals surface area contributed by atoms with Gasteiger partial charge in [-0.15, -0.1) is 0 Å². The molecule has 0 unspecified atom stereocenters. The van der Waals surface area contributed by atoms with Gasteiger partial charge in [-0.1, -0.05) is 0 Å². The van der Waals surface area contributed by atoms with Gasteiger partial charge in [0.1, 0.15) is 11.6 Å². The molecule has 0 radical (unpaired) electrons. The van der Waals surface area contributed by atoms with Crippen LogP contribution in [0.25, 0.3) is 0 Å². The smallest absolute Gasteiger partial charge is 0.269 e. The summed E-state index contributed by atoms with van der Waals surface area (Å²) in [5.41, 5.74) is 0.304. The zero-order chi connectivity index (χ0) is 14.5. The maximum atomic E-state index is 11.8. The fraction of sp³-hybridized carbons (Fsp3) is 0.231. The molecular weight excluding hydrogens is 260 g/mol. The summed E-state index contributed by atoms with van der Waals surface area (Å²) in [4.78, 5) is 21.8. The largest absolute Gasteiger partial charge is 0.387 e. The van der Waals surface area contributed by atoms with Crippen molar-refractivity contribution in [1.29, 1.82) is 5.26 Å². The molecular formula is C13H12N4O3. The quantitative estimate of drug-likeness (QED) is 0.367. The molecule has 1 aliphatic rings. The van der Waals surface area contributed by atoms with E-state index in [9.17, 15) is 14.9 Å². The Kier molecular flexibility index (Phi) is 3.96. The zero-order valence-corrected chi connectivity index (χ0v) is 10.5. The Labute approximate surface area is 115 Å². The summed E-state index contributed by atoms with van der Waals surface area (Å²) in [6.45, 7) is 0. The summed E-state index contributed by atoms with van der Waals surface area (Å²) in [5.74, 6) is -0.547. The van der Waals surface area contributed by atoms with E-state index in [1.807, 2.05) is 6.07 Å². The number of carbonyl (C=O) groups excluding carboxylic acids is 1. The lowest BCUT2D eigenvalue weighted by Gasteiger charge is -2.04. The standard InChI is InChI=1S/C13H12N4O3/c14-7-9(8-15-10-1-2-10)13(18)16-11-3-5-12(6-4-11)17(19)20/h3-6,8,10,15H,1-2H2,(H,16,18)/b9-8-. The summed E-state index contributed by atoms with van der Waals surface area (Å²) >= 11 is 0. The highest BCUT2D eigenvalue weighted by atomic mass is 16.6. The number of benzene rings is 1. The highest BCUT2D eigenvalue weighted by Gasteiger charge is 2.20. The first kappa shape index (κ1) is 13.5. The summed E-state index contributed by atoms with van der Waals surface area (Å²) in [7, 11) is 0. The van der Waals surface area contributed by atoms with E-state index >= 15 is 0 Å². The Balaban J connectivity index is 2.00. The average molecular weight is 272 g/mol. The Morgan fingerprint density at radius 3 is 2.55 bits per heavy atom. The van der Waals surface area contributed by atoms with Crippen molar-refractivity contribution in [2.75, 3.05) is 5.32 Å². The molecule has 2 N–H and O–H groups in total. The lowest BCUT2D eigenvalue weighted by Crippen LogP contribution is -2.17. The lowest BCUT2D eigenvalue weighted by molar-refractivity contribution is -0.384. The van der Waals surface area contributed by atoms with Gasteiger partial charge in [-0.25, -0.2) is 0 Å². The number of nitro groups is 1. The fourth-order valence-electron chi connectivity index (χ4n) is 1.46. The Hall–Kier alpha value is -2.88. The SMILES string of the molecule is N#C/C(=C/NC1CC1)C(=O)Nc1ccc([N+](=O)[O-])cc1. The molecule has 0 aromatic heterocycles. The van der Waals surface area contributed by atoms with Crippen molar-refractivity contribution < 1.29 is 9.72 Å². The third-order valence-corrected chi connectivity index (χ3v) is 2.74. The molecule has 1 aromatic carbocycles. The number of nitriles is 1. The fourth-order valence-corrected chi connectivity index (χ4v) is 1.46. The molecule has 0 aliphatic heterocycles. The number of anilines is 1. The van der Waals surface area contributed by atoms with Crippen LogP contribution in [0.4, 0.5) is 11.4 Å². The van der Waals surface area contributed by atoms with Gasteiger partial charge in [0.15, 0.2) is 0 Å². The molecule has 0 spiro atoms. The normalized spacial score (nSPS) is 14.2. The van der Waals surface area contributed by atoms with E-state index in [1.165, 1.54) is 30.5 Å². The van der Waals surface area contributed by atoms with Crippen molar-refractivity contribution in [3.05, 3.63) is 46.2 Å². The van der Waals surface area contributed by atoms with Gasteiger partial charge in [-0.05, 0) is 25.0 Å². The third-order valence-electron chi connectivity index (χ3n) is 2.74. The minimum atomic E-state index is -0.547. The first-order valence-corrected chi connectivity index (χ1v) is 6.02. The number of nitrogens with one attached hydrogen (secondary N) is 2. The predicted octanol–water partition coefficient (Wildman–Crippen LogP) is 1.69. The van der Waals surface area contributed by atoms with Crippen molar-refractivity contribution in [1.82, 2.24) is 5.32 Å². The van der Waals surface area contributed by atoms with E-state index in [4.69, 9.17) is 5.26 Å². The van der Waals surface area contributed by atoms with E-state index in [2.05, 4.69) is 10.6 Å². The molecule has 7 heteroatoms. The molecule has 1 amide bonds. The van der Waals surface area contributed by atoms with Gasteiger partial charge in [0.05, 0.1) is 4.92 Å². The number of nitro benzene ring substituents is 1. The van der Waals surface area contributed by atoms with Crippen LogP contribution in [0, 0.1) is 21.4 Å². The summed E-state index contributed by atoms with van der Waals surface area (Å²) in [6.07, 6.45) is 3.48. The Bertz CT molecular complexity index is 597. The minimum absolute atomic E-state index is 0.0322. The third kappa shape index (κ3) is 3.55. The maximum absolute atomic E-state index is 11.8. The number of hydrogen-bond donors (Lipinski definition) is 2. The molecule has 1 aliphatic carbocycles. The molecule has 1 aromatic rings. The molecule has 2 rings (SSSR count). The molecule has 0 saturated heterocycles. The van der Waals surface area contributed by atoms with E-state index < -0.39 is 10.8 Å². The summed E-state index contributed by atoms with van der Waals surface area (Å²) in [5, 5.41) is 24.9. The van der Waals surface area contributed by atoms with Gasteiger partial charge < -0.3 is 10.6 Å². The monoisotopic (exact) mass is 272 g/mol. The van der Waals surface area contributed by atoms with Crippen LogP contribution in [0.2, 0.25) is 0 Å². The maximum Gasteiger partial charge on any atom is 0.269 e. The van der Waals surface area contributed by atoms with Crippen LogP contribution >= 0.6 is 0 Å². The van der Waals surface area contributed by atoms with E-state index in [0.29, 0.717) is 11.7 Å². The first-order valence-electron chi connectivity index (χ1n) is 6.02. The van der Waals surface area contributed by atoms with Crippen molar-refractivity contribution in [3.63, 3.8) is 0 Å². The zero-order valence-electron chi connectivity index (χ0n) is 10.5. The second-order valence-electron chi connectivity index (χ2n) is 4.37. The van der Waals surface area contributed by atoms with Crippen LogP contribution in [0.1, 0.15) is 12.8 Å². The van der Waals surface area contributed by atoms with Crippen LogP contribution in [-0.2, 0) is 4.79 Å². The first-order chi connectivity index (χ1) is 9.60. The lowest BCUT2D eigenvalue weighted by atomic mass is 10.2. The average Bonchev–Trinajstić information content (AvgIpc) is 3.24. The minimum Gasteiger partial charge on any atom is -0.387 e. The number of carbonyl (C=O) groups is 1. The van der Waals surface area contributed by atoms with Crippen molar-refractivity contribution in [2.45, 2.75) is 18.9 Å². The van der Waals surface area contributed by atoms with E-state index in [-0.39, 0.29) is 11.3 Å². The molecule has 0 bridgehead atoms. The Morgan fingerprint density at radius 1 is 1.40 bits per heavy atom. The van der Waals surface area contributed by atoms with Gasteiger partial charge in [0, 0.05) is 30.1 Å². The van der Waals surface area contributed by atoms with Crippen molar-refractivity contribution in [2.24, 2.45) is 0 Å². The van der Waals surface area contributed by atoms with Gasteiger partial charge in [0.2, 0.25) is 0 Å². The highest BCUT2D eigenvalue weighted by molar-refractivity contribution is 6.06. The number of non-ortho nitro benzene ring substituents is 1. The number of hydrogen-bond acceptors (Lipinski definition) is 5. The molecule has 0 atom stereocenters. The van der Waals surface area contributed by atoms with E-state index in [1.54, 1.807) is 0 Å². The molecule has 7 nitrogen and oxygen atoms in total. The molecule has 102 valence electrons.